The number of ketones is 1. The number of methoxy groups -OCH3 is 1. The molecule has 3 rings (SSSR count). The summed E-state index contributed by atoms with van der Waals surface area (Å²) in [4.78, 5) is 12.7. The minimum absolute atomic E-state index is 0.241. The van der Waals surface area contributed by atoms with Crippen LogP contribution in [0.25, 0.3) is 11.0 Å². The number of para-hydroxylation sites is 1. The molecule has 108 valence electrons. The molecule has 0 saturated heterocycles. The van der Waals surface area contributed by atoms with E-state index in [1.54, 1.807) is 10.7 Å². The number of rotatable bonds is 4. The molecule has 0 atom stereocenters. The maximum atomic E-state index is 12.7. The molecule has 0 fully saturated rings. The number of furan rings is 1. The molecule has 0 saturated carbocycles. The summed E-state index contributed by atoms with van der Waals surface area (Å²) in [6, 6.07) is 7.40. The van der Waals surface area contributed by atoms with Gasteiger partial charge in [-0.05, 0) is 35.0 Å². The van der Waals surface area contributed by atoms with E-state index in [4.69, 9.17) is 9.15 Å². The summed E-state index contributed by atoms with van der Waals surface area (Å²) in [7, 11) is 1.52. The Balaban J connectivity index is 2.12. The van der Waals surface area contributed by atoms with Gasteiger partial charge in [-0.2, -0.15) is 5.10 Å². The molecule has 0 amide bonds. The van der Waals surface area contributed by atoms with Crippen LogP contribution in [0.2, 0.25) is 0 Å². The third-order valence-electron chi connectivity index (χ3n) is 3.26. The van der Waals surface area contributed by atoms with E-state index in [0.717, 1.165) is 9.86 Å². The highest BCUT2D eigenvalue weighted by atomic mass is 79.9. The second kappa shape index (κ2) is 5.37. The van der Waals surface area contributed by atoms with Gasteiger partial charge in [-0.3, -0.25) is 9.48 Å². The summed E-state index contributed by atoms with van der Waals surface area (Å²) in [5.41, 5.74) is 1.05. The maximum Gasteiger partial charge on any atom is 0.250 e. The van der Waals surface area contributed by atoms with Crippen molar-refractivity contribution in [3.8, 4) is 5.75 Å². The van der Waals surface area contributed by atoms with Gasteiger partial charge in [0.2, 0.25) is 5.78 Å². The predicted molar refractivity (Wildman–Crippen MR) is 81.8 cm³/mol. The van der Waals surface area contributed by atoms with Gasteiger partial charge >= 0.3 is 0 Å². The van der Waals surface area contributed by atoms with Crippen LogP contribution in [0.3, 0.4) is 0 Å². The second-order valence-corrected chi connectivity index (χ2v) is 5.33. The molecular weight excluding hydrogens is 336 g/mol. The molecule has 0 unspecified atom stereocenters. The molecule has 6 heteroatoms. The van der Waals surface area contributed by atoms with Gasteiger partial charge in [0.25, 0.3) is 0 Å². The van der Waals surface area contributed by atoms with E-state index in [9.17, 15) is 4.79 Å². The number of carbonyl (C=O) groups excluding carboxylic acids is 1. The zero-order valence-electron chi connectivity index (χ0n) is 11.6. The largest absolute Gasteiger partial charge is 0.493 e. The van der Waals surface area contributed by atoms with Crippen molar-refractivity contribution in [3.05, 3.63) is 46.4 Å². The van der Waals surface area contributed by atoms with Gasteiger partial charge in [0.1, 0.15) is 5.58 Å². The quantitative estimate of drug-likeness (QED) is 0.675. The molecule has 0 aliphatic carbocycles. The van der Waals surface area contributed by atoms with E-state index >= 15 is 0 Å². The topological polar surface area (TPSA) is 57.3 Å². The van der Waals surface area contributed by atoms with Crippen LogP contribution in [0.5, 0.6) is 5.75 Å². The summed E-state index contributed by atoms with van der Waals surface area (Å²) in [6.07, 6.45) is 1.54. The van der Waals surface area contributed by atoms with Crippen LogP contribution in [0.1, 0.15) is 23.2 Å². The number of fused-ring (bicyclic) bond motifs is 1. The number of hydrogen-bond donors (Lipinski definition) is 0. The molecule has 0 aliphatic heterocycles. The first-order valence-electron chi connectivity index (χ1n) is 6.48. The van der Waals surface area contributed by atoms with Crippen molar-refractivity contribution in [1.82, 2.24) is 9.78 Å². The Morgan fingerprint density at radius 1 is 1.48 bits per heavy atom. The second-order valence-electron chi connectivity index (χ2n) is 4.48. The monoisotopic (exact) mass is 348 g/mol. The molecule has 1 aromatic carbocycles. The lowest BCUT2D eigenvalue weighted by Gasteiger charge is -2.04. The Morgan fingerprint density at radius 2 is 2.29 bits per heavy atom. The molecule has 21 heavy (non-hydrogen) atoms. The van der Waals surface area contributed by atoms with Crippen LogP contribution in [0.4, 0.5) is 0 Å². The van der Waals surface area contributed by atoms with Crippen LogP contribution >= 0.6 is 15.9 Å². The highest BCUT2D eigenvalue weighted by Gasteiger charge is 2.23. The van der Waals surface area contributed by atoms with Gasteiger partial charge in [-0.1, -0.05) is 12.1 Å². The van der Waals surface area contributed by atoms with Crippen molar-refractivity contribution in [2.24, 2.45) is 0 Å². The zero-order valence-corrected chi connectivity index (χ0v) is 13.2. The first kappa shape index (κ1) is 13.9. The van der Waals surface area contributed by atoms with E-state index in [1.165, 1.54) is 13.3 Å². The standard InChI is InChI=1S/C15H13BrN2O3/c1-3-18-13(12(20-2)8-17-18)14(19)11-7-9-5-4-6-10(16)15(9)21-11/h4-8H,3H2,1-2H3. The lowest BCUT2D eigenvalue weighted by atomic mass is 10.2. The summed E-state index contributed by atoms with van der Waals surface area (Å²) < 4.78 is 13.3. The Bertz CT molecular complexity index is 798. The van der Waals surface area contributed by atoms with Gasteiger partial charge in [0, 0.05) is 11.9 Å². The molecule has 0 N–H and O–H groups in total. The molecule has 2 aromatic heterocycles. The normalized spacial score (nSPS) is 11.0. The molecule has 0 radical (unpaired) electrons. The summed E-state index contributed by atoms with van der Waals surface area (Å²) in [5.74, 6) is 0.473. The Labute approximate surface area is 129 Å². The minimum atomic E-state index is -0.241. The zero-order chi connectivity index (χ0) is 15.0. The van der Waals surface area contributed by atoms with Crippen molar-refractivity contribution >= 4 is 32.7 Å². The van der Waals surface area contributed by atoms with Crippen molar-refractivity contribution in [2.75, 3.05) is 7.11 Å². The number of aromatic nitrogens is 2. The fourth-order valence-corrected chi connectivity index (χ4v) is 2.71. The molecule has 0 spiro atoms. The number of halogens is 1. The lowest BCUT2D eigenvalue weighted by Crippen LogP contribution is -2.11. The van der Waals surface area contributed by atoms with E-state index in [0.29, 0.717) is 23.6 Å². The third kappa shape index (κ3) is 2.25. The fourth-order valence-electron chi connectivity index (χ4n) is 2.24. The number of carbonyl (C=O) groups is 1. The van der Waals surface area contributed by atoms with Gasteiger partial charge in [0.15, 0.2) is 17.2 Å². The average molecular weight is 349 g/mol. The SMILES string of the molecule is CCn1ncc(OC)c1C(=O)c1cc2cccc(Br)c2o1. The number of benzene rings is 1. The van der Waals surface area contributed by atoms with Crippen molar-refractivity contribution in [2.45, 2.75) is 13.5 Å². The Hall–Kier alpha value is -2.08. The van der Waals surface area contributed by atoms with Gasteiger partial charge < -0.3 is 9.15 Å². The van der Waals surface area contributed by atoms with E-state index in [2.05, 4.69) is 21.0 Å². The fraction of sp³-hybridized carbons (Fsp3) is 0.200. The first-order chi connectivity index (χ1) is 10.2. The van der Waals surface area contributed by atoms with E-state index in [1.807, 2.05) is 25.1 Å². The predicted octanol–water partition coefficient (Wildman–Crippen LogP) is 3.65. The van der Waals surface area contributed by atoms with Crippen LogP contribution in [-0.4, -0.2) is 22.7 Å². The van der Waals surface area contributed by atoms with Gasteiger partial charge in [-0.25, -0.2) is 0 Å². The first-order valence-corrected chi connectivity index (χ1v) is 7.27. The number of ether oxygens (including phenoxy) is 1. The van der Waals surface area contributed by atoms with Crippen LogP contribution in [0.15, 0.2) is 39.4 Å². The maximum absolute atomic E-state index is 12.7. The molecule has 2 heterocycles. The highest BCUT2D eigenvalue weighted by Crippen LogP contribution is 2.29. The number of nitrogens with zero attached hydrogens (tertiary/aromatic N) is 2. The summed E-state index contributed by atoms with van der Waals surface area (Å²) in [6.45, 7) is 2.49. The minimum Gasteiger partial charge on any atom is -0.493 e. The molecule has 5 nitrogen and oxygen atoms in total. The molecule has 3 aromatic rings. The Morgan fingerprint density at radius 3 is 2.95 bits per heavy atom. The van der Waals surface area contributed by atoms with Crippen molar-refractivity contribution in [3.63, 3.8) is 0 Å². The van der Waals surface area contributed by atoms with Crippen LogP contribution in [-0.2, 0) is 6.54 Å². The summed E-state index contributed by atoms with van der Waals surface area (Å²) >= 11 is 3.42. The van der Waals surface area contributed by atoms with Crippen LogP contribution < -0.4 is 4.74 Å². The number of hydrogen-bond acceptors (Lipinski definition) is 4. The van der Waals surface area contributed by atoms with E-state index in [-0.39, 0.29) is 11.5 Å². The van der Waals surface area contributed by atoms with Crippen LogP contribution in [0, 0.1) is 0 Å². The van der Waals surface area contributed by atoms with Crippen molar-refractivity contribution in [1.29, 1.82) is 0 Å². The Kier molecular flexibility index (Phi) is 3.55. The van der Waals surface area contributed by atoms with Crippen molar-refractivity contribution < 1.29 is 13.9 Å². The molecule has 0 aliphatic rings. The molecule has 0 bridgehead atoms. The smallest absolute Gasteiger partial charge is 0.250 e. The third-order valence-corrected chi connectivity index (χ3v) is 3.88. The highest BCUT2D eigenvalue weighted by molar-refractivity contribution is 9.10. The average Bonchev–Trinajstić information content (AvgIpc) is 3.10. The lowest BCUT2D eigenvalue weighted by molar-refractivity contribution is 0.0998. The van der Waals surface area contributed by atoms with Gasteiger partial charge in [0.05, 0.1) is 17.8 Å². The van der Waals surface area contributed by atoms with E-state index < -0.39 is 0 Å². The summed E-state index contributed by atoms with van der Waals surface area (Å²) in [5, 5.41) is 5.01. The molecular formula is C15H13BrN2O3. The van der Waals surface area contributed by atoms with Gasteiger partial charge in [-0.15, -0.1) is 0 Å². The number of aryl methyl sites for hydroxylation is 1.